The van der Waals surface area contributed by atoms with Crippen LogP contribution in [0.5, 0.6) is 0 Å². The minimum atomic E-state index is -2.12. The first-order chi connectivity index (χ1) is 7.15. The average Bonchev–Trinajstić information content (AvgIpc) is 2.24. The van der Waals surface area contributed by atoms with Gasteiger partial charge in [-0.15, -0.1) is 0 Å². The molecule has 0 saturated heterocycles. The molecule has 0 aromatic carbocycles. The van der Waals surface area contributed by atoms with E-state index in [0.717, 1.165) is 11.1 Å². The number of carbonyl (C=O) groups is 1. The van der Waals surface area contributed by atoms with E-state index in [9.17, 15) is 14.0 Å². The van der Waals surface area contributed by atoms with Crippen molar-refractivity contribution in [1.29, 1.82) is 5.26 Å². The largest absolute Gasteiger partial charge is 0.494 e. The Morgan fingerprint density at radius 2 is 2.40 bits per heavy atom. The van der Waals surface area contributed by atoms with Gasteiger partial charge in [0, 0.05) is 0 Å². The van der Waals surface area contributed by atoms with Gasteiger partial charge in [0.1, 0.15) is 18.1 Å². The summed E-state index contributed by atoms with van der Waals surface area (Å²) in [5.74, 6) is 0.263. The van der Waals surface area contributed by atoms with Crippen molar-refractivity contribution in [1.82, 2.24) is 4.90 Å². The van der Waals surface area contributed by atoms with Crippen molar-refractivity contribution in [3.63, 3.8) is 0 Å². The second kappa shape index (κ2) is 4.40. The summed E-state index contributed by atoms with van der Waals surface area (Å²) >= 11 is 0. The van der Waals surface area contributed by atoms with Crippen LogP contribution in [-0.2, 0) is 14.3 Å². The zero-order valence-corrected chi connectivity index (χ0v) is 7.86. The van der Waals surface area contributed by atoms with Crippen LogP contribution in [0, 0.1) is 11.3 Å². The third-order valence-corrected chi connectivity index (χ3v) is 1.86. The Hall–Kier alpha value is -2.12. The van der Waals surface area contributed by atoms with E-state index in [2.05, 4.69) is 0 Å². The normalized spacial score (nSPS) is 20.5. The molecule has 0 aliphatic carbocycles. The van der Waals surface area contributed by atoms with E-state index in [-0.39, 0.29) is 12.3 Å². The number of allylic oxidation sites excluding steroid dienone is 1. The van der Waals surface area contributed by atoms with Crippen LogP contribution in [0.4, 0.5) is 4.39 Å². The number of hydrogen-bond acceptors (Lipinski definition) is 4. The molecule has 0 aromatic heterocycles. The summed E-state index contributed by atoms with van der Waals surface area (Å²) in [6, 6.07) is 1.70. The Bertz CT molecular complexity index is 404. The minimum Gasteiger partial charge on any atom is -0.494 e. The average molecular weight is 210 g/mol. The van der Waals surface area contributed by atoms with Crippen molar-refractivity contribution in [3.05, 3.63) is 17.5 Å². The van der Waals surface area contributed by atoms with Gasteiger partial charge < -0.3 is 4.74 Å². The Balaban J connectivity index is 3.15. The summed E-state index contributed by atoms with van der Waals surface area (Å²) in [6.45, 7) is -0.293. The summed E-state index contributed by atoms with van der Waals surface area (Å²) < 4.78 is 18.0. The summed E-state index contributed by atoms with van der Waals surface area (Å²) in [5.41, 5.74) is -0.475. The monoisotopic (exact) mass is 210 g/mol. The lowest BCUT2D eigenvalue weighted by molar-refractivity contribution is -0.132. The third-order valence-electron chi connectivity index (χ3n) is 1.86. The Kier molecular flexibility index (Phi) is 3.21. The van der Waals surface area contributed by atoms with Crippen LogP contribution in [0.2, 0.25) is 0 Å². The van der Waals surface area contributed by atoms with Crippen LogP contribution >= 0.6 is 0 Å². The quantitative estimate of drug-likeness (QED) is 0.472. The molecule has 1 atom stereocenters. The van der Waals surface area contributed by atoms with Crippen LogP contribution in [0.25, 0.3) is 0 Å². The molecule has 0 aromatic rings. The first kappa shape index (κ1) is 11.0. The van der Waals surface area contributed by atoms with Crippen molar-refractivity contribution in [2.24, 2.45) is 0 Å². The smallest absolute Gasteiger partial charge is 0.267 e. The maximum atomic E-state index is 13.3. The molecule has 0 saturated carbocycles. The Morgan fingerprint density at radius 1 is 1.73 bits per heavy atom. The molecular formula is C9H7FN2O3. The van der Waals surface area contributed by atoms with Gasteiger partial charge in [-0.25, -0.2) is 9.18 Å². The highest BCUT2D eigenvalue weighted by Gasteiger charge is 2.35. The van der Waals surface area contributed by atoms with Crippen molar-refractivity contribution < 1.29 is 18.7 Å². The molecule has 0 bridgehead atoms. The molecule has 1 heterocycles. The van der Waals surface area contributed by atoms with E-state index in [1.165, 1.54) is 13.1 Å². The van der Waals surface area contributed by atoms with Crippen LogP contribution in [0.3, 0.4) is 0 Å². The fraction of sp³-hybridized carbons (Fsp3) is 0.333. The van der Waals surface area contributed by atoms with E-state index in [1.54, 1.807) is 6.07 Å². The molecule has 1 aliphatic rings. The number of methoxy groups -OCH3 is 1. The summed E-state index contributed by atoms with van der Waals surface area (Å²) in [7, 11) is 1.23. The predicted molar refractivity (Wildman–Crippen MR) is 46.5 cm³/mol. The second-order valence-corrected chi connectivity index (χ2v) is 2.70. The molecule has 6 heteroatoms. The molecular weight excluding hydrogens is 203 g/mol. The summed E-state index contributed by atoms with van der Waals surface area (Å²) in [5, 5.41) is 8.38. The first-order valence-electron chi connectivity index (χ1n) is 3.98. The Morgan fingerprint density at radius 3 is 2.87 bits per heavy atom. The van der Waals surface area contributed by atoms with Gasteiger partial charge in [-0.2, -0.15) is 5.26 Å². The Labute approximate surface area is 85.0 Å². The van der Waals surface area contributed by atoms with E-state index in [4.69, 9.17) is 10.00 Å². The highest BCUT2D eigenvalue weighted by molar-refractivity contribution is 5.91. The van der Waals surface area contributed by atoms with Gasteiger partial charge in [-0.05, 0) is 0 Å². The molecule has 0 N–H and O–H groups in total. The third kappa shape index (κ3) is 1.87. The van der Waals surface area contributed by atoms with Crippen molar-refractivity contribution >= 4 is 11.8 Å². The molecule has 1 rings (SSSR count). The van der Waals surface area contributed by atoms with Gasteiger partial charge in [-0.3, -0.25) is 9.69 Å². The van der Waals surface area contributed by atoms with E-state index in [1.807, 2.05) is 0 Å². The number of nitriles is 1. The van der Waals surface area contributed by atoms with E-state index in [0.29, 0.717) is 0 Å². The van der Waals surface area contributed by atoms with Gasteiger partial charge in [0.2, 0.25) is 6.17 Å². The fourth-order valence-corrected chi connectivity index (χ4v) is 1.13. The second-order valence-electron chi connectivity index (χ2n) is 2.70. The predicted octanol–water partition coefficient (Wildman–Crippen LogP) is -0.0639. The molecule has 15 heavy (non-hydrogen) atoms. The highest BCUT2D eigenvalue weighted by atomic mass is 19.1. The van der Waals surface area contributed by atoms with Crippen LogP contribution in [0.15, 0.2) is 17.5 Å². The highest BCUT2D eigenvalue weighted by Crippen LogP contribution is 2.23. The number of halogens is 1. The zero-order valence-electron chi connectivity index (χ0n) is 7.86. The van der Waals surface area contributed by atoms with E-state index < -0.39 is 17.7 Å². The molecule has 5 nitrogen and oxygen atoms in total. The van der Waals surface area contributed by atoms with Gasteiger partial charge >= 0.3 is 0 Å². The van der Waals surface area contributed by atoms with Crippen molar-refractivity contribution in [2.75, 3.05) is 13.7 Å². The standard InChI is InChI=1S/C9H7FN2O3/c1-15-7-4-12(3-2-11)9(14)8(10)6(7)5-13/h4,8H,3H2,1H3. The molecule has 0 fully saturated rings. The maximum Gasteiger partial charge on any atom is 0.267 e. The van der Waals surface area contributed by atoms with E-state index >= 15 is 0 Å². The van der Waals surface area contributed by atoms with Crippen molar-refractivity contribution in [3.8, 4) is 6.07 Å². The molecule has 0 spiro atoms. The fourth-order valence-electron chi connectivity index (χ4n) is 1.13. The topological polar surface area (TPSA) is 70.4 Å². The first-order valence-corrected chi connectivity index (χ1v) is 3.98. The zero-order chi connectivity index (χ0) is 11.4. The van der Waals surface area contributed by atoms with Gasteiger partial charge in [0.05, 0.1) is 19.4 Å². The SMILES string of the molecule is COC1=CN(CC#N)C(=O)C(F)C1=C=O. The number of alkyl halides is 1. The molecule has 1 amide bonds. The maximum absolute atomic E-state index is 13.3. The summed E-state index contributed by atoms with van der Waals surface area (Å²) in [6.07, 6.45) is -1.00. The van der Waals surface area contributed by atoms with Crippen molar-refractivity contribution in [2.45, 2.75) is 6.17 Å². The number of amides is 1. The molecule has 78 valence electrons. The van der Waals surface area contributed by atoms with Gasteiger partial charge in [0.15, 0.2) is 5.76 Å². The number of ether oxygens (including phenoxy) is 1. The lowest BCUT2D eigenvalue weighted by atomic mass is 10.1. The lowest BCUT2D eigenvalue weighted by Crippen LogP contribution is -2.39. The van der Waals surface area contributed by atoms with Gasteiger partial charge in [0.25, 0.3) is 5.91 Å². The minimum absolute atomic E-state index is 0.0904. The van der Waals surface area contributed by atoms with Crippen LogP contribution < -0.4 is 0 Å². The molecule has 0 radical (unpaired) electrons. The van der Waals surface area contributed by atoms with Gasteiger partial charge in [-0.1, -0.05) is 0 Å². The van der Waals surface area contributed by atoms with Crippen LogP contribution in [-0.4, -0.2) is 36.6 Å². The number of nitrogens with zero attached hydrogens (tertiary/aromatic N) is 2. The number of carbonyl (C=O) groups excluding carboxylic acids is 2. The van der Waals surface area contributed by atoms with Crippen LogP contribution in [0.1, 0.15) is 0 Å². The lowest BCUT2D eigenvalue weighted by Gasteiger charge is -2.24. The summed E-state index contributed by atoms with van der Waals surface area (Å²) in [4.78, 5) is 22.5. The number of rotatable bonds is 2. The molecule has 1 aliphatic heterocycles. The molecule has 1 unspecified atom stereocenters. The number of hydrogen-bond donors (Lipinski definition) is 0.